The van der Waals surface area contributed by atoms with E-state index in [4.69, 9.17) is 9.47 Å². The number of nitrogens with zero attached hydrogens (tertiary/aromatic N) is 2. The molecule has 0 aliphatic rings. The lowest BCUT2D eigenvalue weighted by Crippen LogP contribution is -2.29. The molecule has 0 aliphatic heterocycles. The Morgan fingerprint density at radius 3 is 2.43 bits per heavy atom. The summed E-state index contributed by atoms with van der Waals surface area (Å²) < 4.78 is 11.1. The minimum atomic E-state index is -0.170. The van der Waals surface area contributed by atoms with Gasteiger partial charge in [0.2, 0.25) is 5.88 Å². The second-order valence-corrected chi connectivity index (χ2v) is 4.55. The van der Waals surface area contributed by atoms with Crippen molar-refractivity contribution in [2.45, 2.75) is 19.1 Å². The van der Waals surface area contributed by atoms with Crippen molar-refractivity contribution in [2.24, 2.45) is 0 Å². The predicted octanol–water partition coefficient (Wildman–Crippen LogP) is 2.52. The monoisotopic (exact) mass is 287 g/mol. The molecule has 2 aromatic rings. The first-order chi connectivity index (χ1) is 10.3. The van der Waals surface area contributed by atoms with Gasteiger partial charge in [-0.05, 0) is 12.1 Å². The summed E-state index contributed by atoms with van der Waals surface area (Å²) in [6.07, 6.45) is 3.12. The van der Waals surface area contributed by atoms with E-state index in [0.717, 1.165) is 17.8 Å². The summed E-state index contributed by atoms with van der Waals surface area (Å²) in [6, 6.07) is 9.94. The van der Waals surface area contributed by atoms with Crippen LogP contribution in [-0.2, 0) is 4.74 Å². The molecule has 0 fully saturated rings. The fourth-order valence-corrected chi connectivity index (χ4v) is 2.38. The van der Waals surface area contributed by atoms with E-state index in [2.05, 4.69) is 15.3 Å². The number of hydrogen-bond donors (Lipinski definition) is 1. The summed E-state index contributed by atoms with van der Waals surface area (Å²) in [5.74, 6) is 0.515. The minimum absolute atomic E-state index is 0.133. The van der Waals surface area contributed by atoms with Crippen molar-refractivity contribution in [1.82, 2.24) is 15.3 Å². The molecular formula is C16H21N3O2. The van der Waals surface area contributed by atoms with E-state index in [1.54, 1.807) is 26.6 Å². The lowest BCUT2D eigenvalue weighted by molar-refractivity contribution is 0.0656. The zero-order valence-corrected chi connectivity index (χ0v) is 12.6. The molecule has 0 saturated carbocycles. The van der Waals surface area contributed by atoms with Crippen molar-refractivity contribution in [2.75, 3.05) is 20.8 Å². The van der Waals surface area contributed by atoms with Gasteiger partial charge < -0.3 is 14.8 Å². The van der Waals surface area contributed by atoms with Gasteiger partial charge in [0.25, 0.3) is 0 Å². The molecule has 2 rings (SSSR count). The minimum Gasteiger partial charge on any atom is -0.480 e. The van der Waals surface area contributed by atoms with E-state index in [-0.39, 0.29) is 12.1 Å². The van der Waals surface area contributed by atoms with Crippen LogP contribution in [0.1, 0.15) is 30.3 Å². The molecule has 1 aromatic heterocycles. The Bertz CT molecular complexity index is 548. The summed E-state index contributed by atoms with van der Waals surface area (Å²) in [6.45, 7) is 2.84. The summed E-state index contributed by atoms with van der Waals surface area (Å²) in [7, 11) is 3.30. The van der Waals surface area contributed by atoms with Crippen LogP contribution in [0.3, 0.4) is 0 Å². The molecule has 0 aliphatic carbocycles. The zero-order chi connectivity index (χ0) is 15.1. The SMILES string of the molecule is CCNC(c1nccnc1OC)C(OC)c1ccccc1. The first-order valence-corrected chi connectivity index (χ1v) is 6.97. The Kier molecular flexibility index (Phi) is 5.66. The molecule has 2 atom stereocenters. The van der Waals surface area contributed by atoms with Crippen LogP contribution < -0.4 is 10.1 Å². The van der Waals surface area contributed by atoms with E-state index in [0.29, 0.717) is 5.88 Å². The molecule has 0 bridgehead atoms. The Morgan fingerprint density at radius 2 is 1.81 bits per heavy atom. The molecule has 5 heteroatoms. The van der Waals surface area contributed by atoms with Crippen LogP contribution in [0.15, 0.2) is 42.7 Å². The highest BCUT2D eigenvalue weighted by Crippen LogP contribution is 2.33. The second-order valence-electron chi connectivity index (χ2n) is 4.55. The van der Waals surface area contributed by atoms with Gasteiger partial charge in [0.1, 0.15) is 11.8 Å². The van der Waals surface area contributed by atoms with Gasteiger partial charge in [-0.3, -0.25) is 4.98 Å². The molecule has 1 aromatic carbocycles. The predicted molar refractivity (Wildman–Crippen MR) is 81.2 cm³/mol. The summed E-state index contributed by atoms with van der Waals surface area (Å²) in [5, 5.41) is 3.42. The van der Waals surface area contributed by atoms with E-state index in [1.165, 1.54) is 0 Å². The van der Waals surface area contributed by atoms with Gasteiger partial charge in [-0.2, -0.15) is 0 Å². The molecular weight excluding hydrogens is 266 g/mol. The third-order valence-corrected chi connectivity index (χ3v) is 3.29. The number of hydrogen-bond acceptors (Lipinski definition) is 5. The Balaban J connectivity index is 2.41. The van der Waals surface area contributed by atoms with Gasteiger partial charge in [-0.1, -0.05) is 37.3 Å². The largest absolute Gasteiger partial charge is 0.480 e. The van der Waals surface area contributed by atoms with Gasteiger partial charge in [0, 0.05) is 19.5 Å². The summed E-state index contributed by atoms with van der Waals surface area (Å²) in [5.41, 5.74) is 1.83. The maximum atomic E-state index is 5.72. The number of likely N-dealkylation sites (N-methyl/N-ethyl adjacent to an activating group) is 1. The highest BCUT2D eigenvalue weighted by molar-refractivity contribution is 5.27. The first-order valence-electron chi connectivity index (χ1n) is 6.97. The molecule has 0 amide bonds. The van der Waals surface area contributed by atoms with Crippen LogP contribution in [0.5, 0.6) is 5.88 Å². The van der Waals surface area contributed by atoms with E-state index < -0.39 is 0 Å². The van der Waals surface area contributed by atoms with Crippen LogP contribution in [0, 0.1) is 0 Å². The maximum Gasteiger partial charge on any atom is 0.237 e. The number of rotatable bonds is 7. The molecule has 0 saturated heterocycles. The highest BCUT2D eigenvalue weighted by atomic mass is 16.5. The molecule has 0 radical (unpaired) electrons. The van der Waals surface area contributed by atoms with Gasteiger partial charge in [0.05, 0.1) is 13.2 Å². The highest BCUT2D eigenvalue weighted by Gasteiger charge is 2.28. The first kappa shape index (κ1) is 15.4. The van der Waals surface area contributed by atoms with Crippen LogP contribution in [0.2, 0.25) is 0 Å². The molecule has 112 valence electrons. The Morgan fingerprint density at radius 1 is 1.10 bits per heavy atom. The average molecular weight is 287 g/mol. The Labute approximate surface area is 125 Å². The van der Waals surface area contributed by atoms with Gasteiger partial charge in [0.15, 0.2) is 0 Å². The zero-order valence-electron chi connectivity index (χ0n) is 12.6. The quantitative estimate of drug-likeness (QED) is 0.848. The van der Waals surface area contributed by atoms with Gasteiger partial charge in [-0.25, -0.2) is 4.98 Å². The lowest BCUT2D eigenvalue weighted by atomic mass is 9.99. The van der Waals surface area contributed by atoms with E-state index >= 15 is 0 Å². The van der Waals surface area contributed by atoms with E-state index in [9.17, 15) is 0 Å². The molecule has 1 N–H and O–H groups in total. The fourth-order valence-electron chi connectivity index (χ4n) is 2.38. The number of ether oxygens (including phenoxy) is 2. The fraction of sp³-hybridized carbons (Fsp3) is 0.375. The number of benzene rings is 1. The van der Waals surface area contributed by atoms with Crippen molar-refractivity contribution in [3.63, 3.8) is 0 Å². The topological polar surface area (TPSA) is 56.3 Å². The standard InChI is InChI=1S/C16H21N3O2/c1-4-17-13(14-16(21-3)19-11-10-18-14)15(20-2)12-8-6-5-7-9-12/h5-11,13,15,17H,4H2,1-3H3. The number of nitrogens with one attached hydrogen (secondary N) is 1. The molecule has 21 heavy (non-hydrogen) atoms. The van der Waals surface area contributed by atoms with Crippen LogP contribution in [0.25, 0.3) is 0 Å². The van der Waals surface area contributed by atoms with Crippen LogP contribution in [0.4, 0.5) is 0 Å². The van der Waals surface area contributed by atoms with Crippen molar-refractivity contribution < 1.29 is 9.47 Å². The number of aromatic nitrogens is 2. The van der Waals surface area contributed by atoms with Crippen molar-refractivity contribution in [1.29, 1.82) is 0 Å². The average Bonchev–Trinajstić information content (AvgIpc) is 2.55. The second kappa shape index (κ2) is 7.71. The molecule has 1 heterocycles. The Hall–Kier alpha value is -1.98. The van der Waals surface area contributed by atoms with Gasteiger partial charge >= 0.3 is 0 Å². The van der Waals surface area contributed by atoms with Crippen LogP contribution >= 0.6 is 0 Å². The lowest BCUT2D eigenvalue weighted by Gasteiger charge is -2.27. The van der Waals surface area contributed by atoms with Gasteiger partial charge in [-0.15, -0.1) is 0 Å². The summed E-state index contributed by atoms with van der Waals surface area (Å²) in [4.78, 5) is 8.66. The van der Waals surface area contributed by atoms with Crippen molar-refractivity contribution in [3.05, 3.63) is 54.0 Å². The molecule has 0 spiro atoms. The summed E-state index contributed by atoms with van der Waals surface area (Å²) >= 11 is 0. The number of methoxy groups -OCH3 is 2. The van der Waals surface area contributed by atoms with Crippen LogP contribution in [-0.4, -0.2) is 30.7 Å². The van der Waals surface area contributed by atoms with Crippen molar-refractivity contribution >= 4 is 0 Å². The third kappa shape index (κ3) is 3.56. The smallest absolute Gasteiger partial charge is 0.237 e. The molecule has 5 nitrogen and oxygen atoms in total. The third-order valence-electron chi connectivity index (χ3n) is 3.29. The van der Waals surface area contributed by atoms with Crippen molar-refractivity contribution in [3.8, 4) is 5.88 Å². The molecule has 2 unspecified atom stereocenters. The normalized spacial score (nSPS) is 13.7. The maximum absolute atomic E-state index is 5.72. The van der Waals surface area contributed by atoms with E-state index in [1.807, 2.05) is 37.3 Å².